The molecule has 0 atom stereocenters. The number of thiocarbonyl (C=S) groups is 1. The Bertz CT molecular complexity index is 938. The largest absolute Gasteiger partial charge is 0.462 e. The fraction of sp³-hybridized carbons (Fsp3) is 0.143. The minimum Gasteiger partial charge on any atom is -0.462 e. The van der Waals surface area contributed by atoms with Gasteiger partial charge in [-0.2, -0.15) is 0 Å². The minimum atomic E-state index is -0.356. The van der Waals surface area contributed by atoms with Crippen LogP contribution < -0.4 is 10.6 Å². The first-order valence-electron chi connectivity index (χ1n) is 8.59. The van der Waals surface area contributed by atoms with Crippen LogP contribution in [-0.4, -0.2) is 17.7 Å². The maximum atomic E-state index is 12.7. The number of rotatable bonds is 5. The monoisotopic (exact) mass is 396 g/mol. The summed E-state index contributed by atoms with van der Waals surface area (Å²) in [6.45, 7) is 4.11. The third-order valence-corrected chi connectivity index (χ3v) is 5.11. The van der Waals surface area contributed by atoms with Gasteiger partial charge in [0, 0.05) is 16.1 Å². The standard InChI is InChI=1S/C21H20N2O2S2/c1-3-25-20(24)18-17(15-10-6-4-7-11-15)14(2)27-19(18)23-21(26)22-16-12-8-5-9-13-16/h4-13H,3H2,1-2H3,(H2,22,23,26). The Morgan fingerprint density at radius 3 is 2.30 bits per heavy atom. The zero-order valence-electron chi connectivity index (χ0n) is 15.1. The van der Waals surface area contributed by atoms with Crippen LogP contribution in [0.2, 0.25) is 0 Å². The predicted octanol–water partition coefficient (Wildman–Crippen LogP) is 5.71. The summed E-state index contributed by atoms with van der Waals surface area (Å²) in [6.07, 6.45) is 0. The molecule has 1 aromatic heterocycles. The van der Waals surface area contributed by atoms with Gasteiger partial charge in [0.25, 0.3) is 0 Å². The first-order chi connectivity index (χ1) is 13.1. The average Bonchev–Trinajstić information content (AvgIpc) is 2.99. The van der Waals surface area contributed by atoms with E-state index in [0.717, 1.165) is 21.7 Å². The molecule has 0 amide bonds. The molecule has 0 aliphatic carbocycles. The van der Waals surface area contributed by atoms with Crippen molar-refractivity contribution in [3.63, 3.8) is 0 Å². The van der Waals surface area contributed by atoms with Gasteiger partial charge in [-0.25, -0.2) is 4.79 Å². The molecule has 0 unspecified atom stereocenters. The van der Waals surface area contributed by atoms with E-state index in [0.29, 0.717) is 22.3 Å². The smallest absolute Gasteiger partial charge is 0.341 e. The molecule has 0 radical (unpaired) electrons. The first kappa shape index (κ1) is 19.1. The molecule has 3 rings (SSSR count). The number of esters is 1. The highest BCUT2D eigenvalue weighted by Gasteiger charge is 2.24. The predicted molar refractivity (Wildman–Crippen MR) is 117 cm³/mol. The second-order valence-electron chi connectivity index (χ2n) is 5.77. The molecule has 2 N–H and O–H groups in total. The number of para-hydroxylation sites is 1. The van der Waals surface area contributed by atoms with E-state index in [2.05, 4.69) is 10.6 Å². The van der Waals surface area contributed by atoms with Crippen LogP contribution in [0.3, 0.4) is 0 Å². The van der Waals surface area contributed by atoms with E-state index in [4.69, 9.17) is 17.0 Å². The van der Waals surface area contributed by atoms with Crippen LogP contribution in [0.15, 0.2) is 60.7 Å². The van der Waals surface area contributed by atoms with E-state index in [1.807, 2.05) is 67.6 Å². The fourth-order valence-corrected chi connectivity index (χ4v) is 4.12. The van der Waals surface area contributed by atoms with Crippen molar-refractivity contribution in [1.29, 1.82) is 0 Å². The lowest BCUT2D eigenvalue weighted by molar-refractivity contribution is 0.0529. The molecule has 6 heteroatoms. The number of benzene rings is 2. The molecular formula is C21H20N2O2S2. The molecular weight excluding hydrogens is 376 g/mol. The van der Waals surface area contributed by atoms with Gasteiger partial charge in [0.05, 0.1) is 6.61 Å². The Balaban J connectivity index is 1.95. The van der Waals surface area contributed by atoms with Crippen molar-refractivity contribution in [1.82, 2.24) is 0 Å². The van der Waals surface area contributed by atoms with Crippen molar-refractivity contribution in [2.24, 2.45) is 0 Å². The van der Waals surface area contributed by atoms with Crippen LogP contribution in [0.1, 0.15) is 22.2 Å². The Morgan fingerprint density at radius 1 is 1.04 bits per heavy atom. The van der Waals surface area contributed by atoms with Gasteiger partial charge in [-0.3, -0.25) is 0 Å². The number of thiophene rings is 1. The number of carbonyl (C=O) groups is 1. The summed E-state index contributed by atoms with van der Waals surface area (Å²) in [4.78, 5) is 13.7. The highest BCUT2D eigenvalue weighted by atomic mass is 32.1. The maximum Gasteiger partial charge on any atom is 0.341 e. The second-order valence-corrected chi connectivity index (χ2v) is 7.40. The third kappa shape index (κ3) is 4.53. The van der Waals surface area contributed by atoms with Gasteiger partial charge in [-0.05, 0) is 43.8 Å². The third-order valence-electron chi connectivity index (χ3n) is 3.89. The number of hydrogen-bond acceptors (Lipinski definition) is 4. The number of aryl methyl sites for hydroxylation is 1. The fourth-order valence-electron chi connectivity index (χ4n) is 2.77. The van der Waals surface area contributed by atoms with Gasteiger partial charge < -0.3 is 15.4 Å². The summed E-state index contributed by atoms with van der Waals surface area (Å²) in [7, 11) is 0. The van der Waals surface area contributed by atoms with Crippen molar-refractivity contribution in [2.75, 3.05) is 17.2 Å². The van der Waals surface area contributed by atoms with Crippen LogP contribution >= 0.6 is 23.6 Å². The molecule has 0 aliphatic rings. The summed E-state index contributed by atoms with van der Waals surface area (Å²) >= 11 is 6.92. The number of carbonyl (C=O) groups excluding carboxylic acids is 1. The normalized spacial score (nSPS) is 10.3. The molecule has 0 bridgehead atoms. The van der Waals surface area contributed by atoms with E-state index in [-0.39, 0.29) is 5.97 Å². The van der Waals surface area contributed by atoms with Crippen molar-refractivity contribution >= 4 is 45.3 Å². The molecule has 0 aliphatic heterocycles. The summed E-state index contributed by atoms with van der Waals surface area (Å²) in [5.41, 5.74) is 3.25. The molecule has 2 aromatic carbocycles. The lowest BCUT2D eigenvalue weighted by atomic mass is 10.0. The lowest BCUT2D eigenvalue weighted by Gasteiger charge is -2.12. The van der Waals surface area contributed by atoms with Gasteiger partial charge in [0.2, 0.25) is 0 Å². The minimum absolute atomic E-state index is 0.314. The average molecular weight is 397 g/mol. The molecule has 0 fully saturated rings. The topological polar surface area (TPSA) is 50.4 Å². The number of hydrogen-bond donors (Lipinski definition) is 2. The Labute approximate surface area is 168 Å². The molecule has 0 spiro atoms. The summed E-state index contributed by atoms with van der Waals surface area (Å²) in [5, 5.41) is 7.40. The first-order valence-corrected chi connectivity index (χ1v) is 9.81. The Hall–Kier alpha value is -2.70. The van der Waals surface area contributed by atoms with Crippen LogP contribution in [0.5, 0.6) is 0 Å². The molecule has 27 heavy (non-hydrogen) atoms. The highest BCUT2D eigenvalue weighted by Crippen LogP contribution is 2.40. The Kier molecular flexibility index (Phi) is 6.21. The van der Waals surface area contributed by atoms with Crippen molar-refractivity contribution < 1.29 is 9.53 Å². The van der Waals surface area contributed by atoms with Crippen molar-refractivity contribution in [3.8, 4) is 11.1 Å². The van der Waals surface area contributed by atoms with E-state index >= 15 is 0 Å². The highest BCUT2D eigenvalue weighted by molar-refractivity contribution is 7.80. The maximum absolute atomic E-state index is 12.7. The molecule has 1 heterocycles. The van der Waals surface area contributed by atoms with E-state index < -0.39 is 0 Å². The van der Waals surface area contributed by atoms with Gasteiger partial charge in [-0.1, -0.05) is 48.5 Å². The number of ether oxygens (including phenoxy) is 1. The lowest BCUT2D eigenvalue weighted by Crippen LogP contribution is -2.20. The van der Waals surface area contributed by atoms with E-state index in [1.54, 1.807) is 6.92 Å². The van der Waals surface area contributed by atoms with E-state index in [1.165, 1.54) is 11.3 Å². The summed E-state index contributed by atoms with van der Waals surface area (Å²) < 4.78 is 5.31. The van der Waals surface area contributed by atoms with Crippen LogP contribution in [0, 0.1) is 6.92 Å². The van der Waals surface area contributed by atoms with Crippen LogP contribution in [0.4, 0.5) is 10.7 Å². The van der Waals surface area contributed by atoms with Crippen molar-refractivity contribution in [3.05, 3.63) is 71.1 Å². The van der Waals surface area contributed by atoms with E-state index in [9.17, 15) is 4.79 Å². The second kappa shape index (κ2) is 8.79. The molecule has 3 aromatic rings. The van der Waals surface area contributed by atoms with Gasteiger partial charge in [0.1, 0.15) is 10.6 Å². The molecule has 0 saturated carbocycles. The summed E-state index contributed by atoms with van der Waals surface area (Å²) in [6, 6.07) is 19.5. The quantitative estimate of drug-likeness (QED) is 0.427. The van der Waals surface area contributed by atoms with Gasteiger partial charge in [-0.15, -0.1) is 11.3 Å². The van der Waals surface area contributed by atoms with Gasteiger partial charge >= 0.3 is 5.97 Å². The van der Waals surface area contributed by atoms with Crippen LogP contribution in [0.25, 0.3) is 11.1 Å². The Morgan fingerprint density at radius 2 is 1.67 bits per heavy atom. The number of anilines is 2. The zero-order valence-corrected chi connectivity index (χ0v) is 16.7. The zero-order chi connectivity index (χ0) is 19.2. The van der Waals surface area contributed by atoms with Crippen molar-refractivity contribution in [2.45, 2.75) is 13.8 Å². The summed E-state index contributed by atoms with van der Waals surface area (Å²) in [5.74, 6) is -0.356. The molecule has 0 saturated heterocycles. The van der Waals surface area contributed by atoms with Crippen LogP contribution in [-0.2, 0) is 4.74 Å². The molecule has 4 nitrogen and oxygen atoms in total. The SMILES string of the molecule is CCOC(=O)c1c(NC(=S)Nc2ccccc2)sc(C)c1-c1ccccc1. The molecule has 138 valence electrons. The van der Waals surface area contributed by atoms with Gasteiger partial charge in [0.15, 0.2) is 5.11 Å². The number of nitrogens with one attached hydrogen (secondary N) is 2.